The molecule has 0 N–H and O–H groups in total. The Hall–Kier alpha value is -2.08. The van der Waals surface area contributed by atoms with E-state index in [1.54, 1.807) is 0 Å². The second-order valence-electron chi connectivity index (χ2n) is 5.37. The standard InChI is InChI=1S/C20H20/c1-2-16-8-10-18(11-9-16)20-14-12-19(13-15-20)17-6-4-3-5-7-17/h3-8,10-16H,2,9H2,1H3. The van der Waals surface area contributed by atoms with Crippen molar-refractivity contribution < 1.29 is 0 Å². The molecule has 0 fully saturated rings. The quantitative estimate of drug-likeness (QED) is 0.661. The van der Waals surface area contributed by atoms with Crippen LogP contribution < -0.4 is 0 Å². The van der Waals surface area contributed by atoms with Crippen molar-refractivity contribution in [3.8, 4) is 11.1 Å². The Morgan fingerprint density at radius 3 is 2.10 bits per heavy atom. The predicted molar refractivity (Wildman–Crippen MR) is 87.4 cm³/mol. The predicted octanol–water partition coefficient (Wildman–Crippen LogP) is 5.72. The van der Waals surface area contributed by atoms with Crippen LogP contribution in [0.5, 0.6) is 0 Å². The molecule has 0 nitrogen and oxygen atoms in total. The number of hydrogen-bond donors (Lipinski definition) is 0. The first-order valence-electron chi connectivity index (χ1n) is 7.41. The highest BCUT2D eigenvalue weighted by molar-refractivity contribution is 5.76. The molecule has 1 aliphatic carbocycles. The van der Waals surface area contributed by atoms with Gasteiger partial charge >= 0.3 is 0 Å². The molecule has 0 saturated carbocycles. The Kier molecular flexibility index (Phi) is 3.83. The van der Waals surface area contributed by atoms with Gasteiger partial charge in [0.15, 0.2) is 0 Å². The van der Waals surface area contributed by atoms with E-state index in [4.69, 9.17) is 0 Å². The fourth-order valence-corrected chi connectivity index (χ4v) is 2.67. The van der Waals surface area contributed by atoms with Gasteiger partial charge in [0.05, 0.1) is 0 Å². The van der Waals surface area contributed by atoms with Gasteiger partial charge in [-0.15, -0.1) is 0 Å². The largest absolute Gasteiger partial charge is 0.0805 e. The monoisotopic (exact) mass is 260 g/mol. The zero-order valence-corrected chi connectivity index (χ0v) is 11.9. The molecule has 0 aliphatic heterocycles. The SMILES string of the molecule is CCC1C=CC(c2ccc(-c3ccccc3)cc2)=CC1. The van der Waals surface area contributed by atoms with Crippen LogP contribution in [-0.2, 0) is 0 Å². The fourth-order valence-electron chi connectivity index (χ4n) is 2.67. The lowest BCUT2D eigenvalue weighted by molar-refractivity contribution is 0.634. The molecule has 1 unspecified atom stereocenters. The minimum atomic E-state index is 0.724. The van der Waals surface area contributed by atoms with Crippen LogP contribution in [0.25, 0.3) is 16.7 Å². The highest BCUT2D eigenvalue weighted by atomic mass is 14.1. The maximum atomic E-state index is 2.37. The van der Waals surface area contributed by atoms with Crippen molar-refractivity contribution >= 4 is 5.57 Å². The lowest BCUT2D eigenvalue weighted by atomic mass is 9.91. The molecule has 20 heavy (non-hydrogen) atoms. The van der Waals surface area contributed by atoms with Gasteiger partial charge in [-0.3, -0.25) is 0 Å². The Morgan fingerprint density at radius 2 is 1.50 bits per heavy atom. The number of rotatable bonds is 3. The summed E-state index contributed by atoms with van der Waals surface area (Å²) in [7, 11) is 0. The lowest BCUT2D eigenvalue weighted by Crippen LogP contribution is -1.97. The van der Waals surface area contributed by atoms with Crippen LogP contribution in [0, 0.1) is 5.92 Å². The minimum absolute atomic E-state index is 0.724. The first-order valence-corrected chi connectivity index (χ1v) is 7.41. The summed E-state index contributed by atoms with van der Waals surface area (Å²) < 4.78 is 0. The molecule has 0 amide bonds. The van der Waals surface area contributed by atoms with Crippen LogP contribution >= 0.6 is 0 Å². The summed E-state index contributed by atoms with van der Waals surface area (Å²) in [5.41, 5.74) is 5.23. The molecule has 0 saturated heterocycles. The van der Waals surface area contributed by atoms with Crippen LogP contribution in [0.15, 0.2) is 72.8 Å². The van der Waals surface area contributed by atoms with Crippen molar-refractivity contribution in [2.75, 3.05) is 0 Å². The Labute approximate surface area is 121 Å². The maximum Gasteiger partial charge on any atom is -0.0184 e. The number of benzene rings is 2. The highest BCUT2D eigenvalue weighted by Crippen LogP contribution is 2.27. The Morgan fingerprint density at radius 1 is 0.850 bits per heavy atom. The van der Waals surface area contributed by atoms with Gasteiger partial charge in [-0.25, -0.2) is 0 Å². The smallest absolute Gasteiger partial charge is 0.0184 e. The first kappa shape index (κ1) is 12.9. The maximum absolute atomic E-state index is 2.37. The molecule has 0 aromatic heterocycles. The number of allylic oxidation sites excluding steroid dienone is 4. The van der Waals surface area contributed by atoms with Crippen LogP contribution in [0.1, 0.15) is 25.3 Å². The summed E-state index contributed by atoms with van der Waals surface area (Å²) in [4.78, 5) is 0. The summed E-state index contributed by atoms with van der Waals surface area (Å²) >= 11 is 0. The summed E-state index contributed by atoms with van der Waals surface area (Å²) in [5, 5.41) is 0. The molecule has 0 radical (unpaired) electrons. The molecule has 0 heterocycles. The van der Waals surface area contributed by atoms with Gasteiger partial charge in [-0.1, -0.05) is 79.7 Å². The van der Waals surface area contributed by atoms with Gasteiger partial charge in [-0.2, -0.15) is 0 Å². The van der Waals surface area contributed by atoms with E-state index in [1.807, 2.05) is 0 Å². The summed E-state index contributed by atoms with van der Waals surface area (Å²) in [6.07, 6.45) is 9.39. The van der Waals surface area contributed by atoms with Crippen molar-refractivity contribution in [3.05, 3.63) is 78.4 Å². The van der Waals surface area contributed by atoms with Gasteiger partial charge in [-0.05, 0) is 41.0 Å². The molecule has 1 aliphatic rings. The lowest BCUT2D eigenvalue weighted by Gasteiger charge is -2.14. The summed E-state index contributed by atoms with van der Waals surface area (Å²) in [6, 6.07) is 19.4. The van der Waals surface area contributed by atoms with Crippen molar-refractivity contribution in [1.29, 1.82) is 0 Å². The molecule has 0 heteroatoms. The van der Waals surface area contributed by atoms with E-state index in [-0.39, 0.29) is 0 Å². The first-order chi connectivity index (χ1) is 9.86. The van der Waals surface area contributed by atoms with Crippen molar-refractivity contribution in [2.45, 2.75) is 19.8 Å². The van der Waals surface area contributed by atoms with E-state index in [2.05, 4.69) is 79.7 Å². The van der Waals surface area contributed by atoms with Crippen molar-refractivity contribution in [2.24, 2.45) is 5.92 Å². The van der Waals surface area contributed by atoms with Crippen LogP contribution in [0.4, 0.5) is 0 Å². The number of hydrogen-bond acceptors (Lipinski definition) is 0. The van der Waals surface area contributed by atoms with Gasteiger partial charge < -0.3 is 0 Å². The second kappa shape index (κ2) is 5.92. The Bertz CT molecular complexity index is 615. The molecule has 0 spiro atoms. The summed E-state index contributed by atoms with van der Waals surface area (Å²) in [6.45, 7) is 2.25. The van der Waals surface area contributed by atoms with Crippen LogP contribution in [0.2, 0.25) is 0 Å². The van der Waals surface area contributed by atoms with Gasteiger partial charge in [0.1, 0.15) is 0 Å². The normalized spacial score (nSPS) is 17.9. The molecule has 3 rings (SSSR count). The third-order valence-corrected chi connectivity index (χ3v) is 4.04. The van der Waals surface area contributed by atoms with E-state index >= 15 is 0 Å². The van der Waals surface area contributed by atoms with E-state index in [0.29, 0.717) is 0 Å². The van der Waals surface area contributed by atoms with Gasteiger partial charge in [0.2, 0.25) is 0 Å². The molecule has 0 bridgehead atoms. The van der Waals surface area contributed by atoms with E-state index in [1.165, 1.54) is 35.1 Å². The average molecular weight is 260 g/mol. The molecule has 2 aromatic rings. The second-order valence-corrected chi connectivity index (χ2v) is 5.37. The topological polar surface area (TPSA) is 0 Å². The zero-order valence-electron chi connectivity index (χ0n) is 11.9. The van der Waals surface area contributed by atoms with Gasteiger partial charge in [0.25, 0.3) is 0 Å². The van der Waals surface area contributed by atoms with E-state index < -0.39 is 0 Å². The fraction of sp³-hybridized carbons (Fsp3) is 0.200. The third kappa shape index (κ3) is 2.75. The van der Waals surface area contributed by atoms with E-state index in [0.717, 1.165) is 5.92 Å². The highest BCUT2D eigenvalue weighted by Gasteiger charge is 2.08. The zero-order chi connectivity index (χ0) is 13.8. The molecular weight excluding hydrogens is 240 g/mol. The molecule has 2 aromatic carbocycles. The molecule has 100 valence electrons. The van der Waals surface area contributed by atoms with Crippen LogP contribution in [-0.4, -0.2) is 0 Å². The average Bonchev–Trinajstić information content (AvgIpc) is 2.56. The van der Waals surface area contributed by atoms with Crippen LogP contribution in [0.3, 0.4) is 0 Å². The third-order valence-electron chi connectivity index (χ3n) is 4.04. The summed E-state index contributed by atoms with van der Waals surface area (Å²) in [5.74, 6) is 0.724. The van der Waals surface area contributed by atoms with E-state index in [9.17, 15) is 0 Å². The van der Waals surface area contributed by atoms with Crippen molar-refractivity contribution in [1.82, 2.24) is 0 Å². The molecular formula is C20H20. The molecule has 1 atom stereocenters. The Balaban J connectivity index is 1.81. The minimum Gasteiger partial charge on any atom is -0.0805 e. The van der Waals surface area contributed by atoms with Crippen molar-refractivity contribution in [3.63, 3.8) is 0 Å². The van der Waals surface area contributed by atoms with Gasteiger partial charge in [0, 0.05) is 0 Å².